The van der Waals surface area contributed by atoms with E-state index >= 15 is 0 Å². The number of esters is 1. The number of anilines is 1. The average Bonchev–Trinajstić information content (AvgIpc) is 2.88. The molecule has 11 heteroatoms. The van der Waals surface area contributed by atoms with Gasteiger partial charge in [-0.05, 0) is 49.7 Å². The Bertz CT molecular complexity index is 987. The van der Waals surface area contributed by atoms with Crippen molar-refractivity contribution in [2.45, 2.75) is 31.7 Å². The Balaban J connectivity index is 1.15. The SMILES string of the molecule is COC(=O)C1CCC2C(=O)N(CCC(=O)NCCN3CCN(c4cccc(Cl)c4)CC3)C(=S)NC2C1. The molecule has 0 radical (unpaired) electrons. The van der Waals surface area contributed by atoms with Gasteiger partial charge in [0.05, 0.1) is 18.9 Å². The van der Waals surface area contributed by atoms with Crippen LogP contribution in [-0.4, -0.2) is 91.7 Å². The summed E-state index contributed by atoms with van der Waals surface area (Å²) in [6.07, 6.45) is 1.95. The molecule has 2 heterocycles. The van der Waals surface area contributed by atoms with Crippen LogP contribution in [0.4, 0.5) is 5.69 Å². The van der Waals surface area contributed by atoms with Crippen LogP contribution in [0.1, 0.15) is 25.7 Å². The zero-order chi connectivity index (χ0) is 25.7. The lowest BCUT2D eigenvalue weighted by Crippen LogP contribution is -2.62. The minimum Gasteiger partial charge on any atom is -0.469 e. The number of hydrogen-bond donors (Lipinski definition) is 2. The number of halogens is 1. The summed E-state index contributed by atoms with van der Waals surface area (Å²) in [5, 5.41) is 7.25. The zero-order valence-electron chi connectivity index (χ0n) is 20.6. The molecule has 196 valence electrons. The van der Waals surface area contributed by atoms with E-state index in [1.165, 1.54) is 12.0 Å². The van der Waals surface area contributed by atoms with Gasteiger partial charge in [0.15, 0.2) is 5.11 Å². The van der Waals surface area contributed by atoms with E-state index in [2.05, 4.69) is 26.5 Å². The molecule has 3 fully saturated rings. The van der Waals surface area contributed by atoms with Crippen LogP contribution >= 0.6 is 23.8 Å². The highest BCUT2D eigenvalue weighted by Gasteiger charge is 2.44. The first-order chi connectivity index (χ1) is 17.4. The van der Waals surface area contributed by atoms with Crippen LogP contribution in [0.25, 0.3) is 0 Å². The van der Waals surface area contributed by atoms with Crippen molar-refractivity contribution in [1.29, 1.82) is 0 Å². The van der Waals surface area contributed by atoms with Crippen molar-refractivity contribution >= 4 is 52.4 Å². The fraction of sp³-hybridized carbons (Fsp3) is 0.600. The highest BCUT2D eigenvalue weighted by atomic mass is 35.5. The number of amides is 2. The summed E-state index contributed by atoms with van der Waals surface area (Å²) < 4.78 is 4.86. The Morgan fingerprint density at radius 1 is 1.19 bits per heavy atom. The lowest BCUT2D eigenvalue weighted by atomic mass is 9.76. The van der Waals surface area contributed by atoms with Crippen molar-refractivity contribution in [2.24, 2.45) is 11.8 Å². The Morgan fingerprint density at radius 3 is 2.69 bits per heavy atom. The number of benzene rings is 1. The van der Waals surface area contributed by atoms with Gasteiger partial charge in [0.1, 0.15) is 0 Å². The van der Waals surface area contributed by atoms with Crippen molar-refractivity contribution in [3.05, 3.63) is 29.3 Å². The summed E-state index contributed by atoms with van der Waals surface area (Å²) in [5.74, 6) is -0.837. The van der Waals surface area contributed by atoms with Crippen molar-refractivity contribution in [3.8, 4) is 0 Å². The molecule has 36 heavy (non-hydrogen) atoms. The molecule has 2 N–H and O–H groups in total. The van der Waals surface area contributed by atoms with Gasteiger partial charge in [-0.25, -0.2) is 0 Å². The molecule has 2 aliphatic heterocycles. The molecule has 2 amide bonds. The fourth-order valence-corrected chi connectivity index (χ4v) is 5.83. The smallest absolute Gasteiger partial charge is 0.308 e. The van der Waals surface area contributed by atoms with E-state index in [9.17, 15) is 14.4 Å². The van der Waals surface area contributed by atoms with E-state index in [1.54, 1.807) is 0 Å². The van der Waals surface area contributed by atoms with E-state index in [0.717, 1.165) is 43.4 Å². The second-order valence-corrected chi connectivity index (χ2v) is 10.4. The second-order valence-electron chi connectivity index (χ2n) is 9.59. The minimum atomic E-state index is -0.240. The van der Waals surface area contributed by atoms with Gasteiger partial charge < -0.3 is 20.3 Å². The number of thiocarbonyl (C=S) groups is 1. The van der Waals surface area contributed by atoms with Crippen LogP contribution in [0, 0.1) is 11.8 Å². The Labute approximate surface area is 222 Å². The molecule has 1 aromatic rings. The fourth-order valence-electron chi connectivity index (χ4n) is 5.31. The lowest BCUT2D eigenvalue weighted by molar-refractivity contribution is -0.149. The highest BCUT2D eigenvalue weighted by molar-refractivity contribution is 7.80. The predicted octanol–water partition coefficient (Wildman–Crippen LogP) is 1.64. The van der Waals surface area contributed by atoms with Crippen LogP contribution in [0.5, 0.6) is 0 Å². The zero-order valence-corrected chi connectivity index (χ0v) is 22.2. The van der Waals surface area contributed by atoms with Crippen LogP contribution in [0.15, 0.2) is 24.3 Å². The highest BCUT2D eigenvalue weighted by Crippen LogP contribution is 2.33. The monoisotopic (exact) mass is 535 g/mol. The summed E-state index contributed by atoms with van der Waals surface area (Å²) in [7, 11) is 1.38. The molecule has 0 aromatic heterocycles. The van der Waals surface area contributed by atoms with Crippen LogP contribution in [-0.2, 0) is 19.1 Å². The number of methoxy groups -OCH3 is 1. The molecule has 0 spiro atoms. The standard InChI is InChI=1S/C25H34ClN5O4S/c1-35-24(34)17-5-6-20-21(15-17)28-25(36)31(23(20)33)9-7-22(32)27-8-10-29-11-13-30(14-12-29)19-4-2-3-18(26)16-19/h2-4,16-17,20-21H,5-15H2,1H3,(H,27,32)(H,28,36). The van der Waals surface area contributed by atoms with Crippen LogP contribution < -0.4 is 15.5 Å². The molecule has 1 saturated carbocycles. The molecule has 3 aliphatic rings. The Morgan fingerprint density at radius 2 is 1.97 bits per heavy atom. The first-order valence-corrected chi connectivity index (χ1v) is 13.3. The molecule has 3 atom stereocenters. The summed E-state index contributed by atoms with van der Waals surface area (Å²) in [6.45, 7) is 5.26. The normalized spacial score (nSPS) is 24.7. The van der Waals surface area contributed by atoms with Gasteiger partial charge in [-0.1, -0.05) is 17.7 Å². The van der Waals surface area contributed by atoms with Crippen LogP contribution in [0.3, 0.4) is 0 Å². The summed E-state index contributed by atoms with van der Waals surface area (Å²) in [5.41, 5.74) is 1.14. The number of ether oxygens (including phenoxy) is 1. The maximum atomic E-state index is 13.0. The Hall–Kier alpha value is -2.43. The number of fused-ring (bicyclic) bond motifs is 1. The molecule has 3 unspecified atom stereocenters. The summed E-state index contributed by atoms with van der Waals surface area (Å²) in [6, 6.07) is 7.74. The number of nitrogens with zero attached hydrogens (tertiary/aromatic N) is 3. The number of carbonyl (C=O) groups excluding carboxylic acids is 3. The van der Waals surface area contributed by atoms with Crippen molar-refractivity contribution in [3.63, 3.8) is 0 Å². The van der Waals surface area contributed by atoms with Gasteiger partial charge in [0, 0.05) is 69.0 Å². The first-order valence-electron chi connectivity index (χ1n) is 12.5. The predicted molar refractivity (Wildman–Crippen MR) is 142 cm³/mol. The third-order valence-electron chi connectivity index (χ3n) is 7.38. The molecule has 0 bridgehead atoms. The Kier molecular flexibility index (Phi) is 9.03. The number of piperazine rings is 1. The van der Waals surface area contributed by atoms with Gasteiger partial charge in [-0.2, -0.15) is 0 Å². The second kappa shape index (κ2) is 12.2. The van der Waals surface area contributed by atoms with E-state index < -0.39 is 0 Å². The van der Waals surface area contributed by atoms with Gasteiger partial charge in [0.2, 0.25) is 11.8 Å². The third kappa shape index (κ3) is 6.46. The van der Waals surface area contributed by atoms with Crippen molar-refractivity contribution in [1.82, 2.24) is 20.4 Å². The quantitative estimate of drug-likeness (QED) is 0.383. The molecule has 9 nitrogen and oxygen atoms in total. The lowest BCUT2D eigenvalue weighted by Gasteiger charge is -2.43. The maximum absolute atomic E-state index is 13.0. The third-order valence-corrected chi connectivity index (χ3v) is 7.95. The number of rotatable bonds is 8. The van der Waals surface area contributed by atoms with Crippen molar-refractivity contribution in [2.75, 3.05) is 57.8 Å². The van der Waals surface area contributed by atoms with Gasteiger partial charge in [-0.15, -0.1) is 0 Å². The number of hydrogen-bond acceptors (Lipinski definition) is 7. The maximum Gasteiger partial charge on any atom is 0.308 e. The topological polar surface area (TPSA) is 94.2 Å². The molecular formula is C25H34ClN5O4S. The van der Waals surface area contributed by atoms with Gasteiger partial charge >= 0.3 is 5.97 Å². The van der Waals surface area contributed by atoms with E-state index in [0.29, 0.717) is 30.9 Å². The van der Waals surface area contributed by atoms with Gasteiger partial charge in [0.25, 0.3) is 0 Å². The van der Waals surface area contributed by atoms with Crippen LogP contribution in [0.2, 0.25) is 5.02 Å². The summed E-state index contributed by atoms with van der Waals surface area (Å²) >= 11 is 11.5. The van der Waals surface area contributed by atoms with E-state index in [4.69, 9.17) is 28.6 Å². The van der Waals surface area contributed by atoms with E-state index in [1.807, 2.05) is 18.2 Å². The molecular weight excluding hydrogens is 502 g/mol. The first kappa shape index (κ1) is 26.6. The molecule has 4 rings (SSSR count). The largest absolute Gasteiger partial charge is 0.469 e. The average molecular weight is 536 g/mol. The summed E-state index contributed by atoms with van der Waals surface area (Å²) in [4.78, 5) is 43.5. The van der Waals surface area contributed by atoms with Crippen molar-refractivity contribution < 1.29 is 19.1 Å². The number of nitrogens with one attached hydrogen (secondary N) is 2. The molecule has 1 aromatic carbocycles. The van der Waals surface area contributed by atoms with E-state index in [-0.39, 0.29) is 48.6 Å². The minimum absolute atomic E-state index is 0.0579. The van der Waals surface area contributed by atoms with Gasteiger partial charge in [-0.3, -0.25) is 24.2 Å². The number of carbonyl (C=O) groups is 3. The molecule has 1 aliphatic carbocycles. The molecule has 2 saturated heterocycles.